The minimum absolute atomic E-state index is 0.266. The van der Waals surface area contributed by atoms with Crippen LogP contribution in [0.5, 0.6) is 5.75 Å². The van der Waals surface area contributed by atoms with Crippen LogP contribution in [0, 0.1) is 7.14 Å². The van der Waals surface area contributed by atoms with Gasteiger partial charge in [-0.1, -0.05) is 0 Å². The number of rotatable bonds is 3. The van der Waals surface area contributed by atoms with E-state index in [-0.39, 0.29) is 11.8 Å². The fraction of sp³-hybridized carbons (Fsp3) is 0.333. The average molecular weight is 421 g/mol. The van der Waals surface area contributed by atoms with Gasteiger partial charge in [-0.05, 0) is 69.3 Å². The van der Waals surface area contributed by atoms with Crippen LogP contribution in [0.1, 0.15) is 18.0 Å². The van der Waals surface area contributed by atoms with Gasteiger partial charge in [0.1, 0.15) is 5.75 Å². The first kappa shape index (κ1) is 12.4. The van der Waals surface area contributed by atoms with E-state index >= 15 is 0 Å². The van der Waals surface area contributed by atoms with Gasteiger partial charge < -0.3 is 10.8 Å². The number of phenolic OH excluding ortho intramolecular Hbond substituents is 1. The van der Waals surface area contributed by atoms with Crippen molar-refractivity contribution in [3.05, 3.63) is 24.8 Å². The van der Waals surface area contributed by atoms with Crippen LogP contribution in [0.15, 0.2) is 12.1 Å². The highest BCUT2D eigenvalue weighted by atomic mass is 127. The maximum atomic E-state index is 12.1. The molecule has 5 heteroatoms. The van der Waals surface area contributed by atoms with Gasteiger partial charge in [-0.15, -0.1) is 0 Å². The minimum atomic E-state index is -0.421. The third-order valence-corrected chi connectivity index (χ3v) is 3.53. The summed E-state index contributed by atoms with van der Waals surface area (Å²) in [5.74, 6) is 0.266. The van der Waals surface area contributed by atoms with E-state index < -0.39 is 6.67 Å². The number of hydrogen-bond donors (Lipinski definition) is 2. The first-order chi connectivity index (χ1) is 6.56. The number of phenols is 1. The molecular formula is C9H10FI2NO. The molecule has 0 fully saturated rings. The van der Waals surface area contributed by atoms with Crippen molar-refractivity contribution in [3.63, 3.8) is 0 Å². The third kappa shape index (κ3) is 2.93. The molecule has 14 heavy (non-hydrogen) atoms. The van der Waals surface area contributed by atoms with Crippen LogP contribution in [-0.4, -0.2) is 11.8 Å². The van der Waals surface area contributed by atoms with Crippen molar-refractivity contribution in [2.45, 2.75) is 12.5 Å². The number of benzene rings is 1. The standard InChI is InChI=1S/C9H10FI2NO/c10-2-1-8(13)5-3-6(11)9(14)7(12)4-5/h3-4,8,14H,1-2,13H2/t8-/m0/s1. The fourth-order valence-corrected chi connectivity index (χ4v) is 2.90. The first-order valence-electron chi connectivity index (χ1n) is 4.05. The van der Waals surface area contributed by atoms with Gasteiger partial charge in [0.2, 0.25) is 0 Å². The molecule has 0 amide bonds. The Morgan fingerprint density at radius 1 is 1.36 bits per heavy atom. The number of nitrogens with two attached hydrogens (primary N) is 1. The lowest BCUT2D eigenvalue weighted by Crippen LogP contribution is -2.11. The summed E-state index contributed by atoms with van der Waals surface area (Å²) >= 11 is 4.07. The van der Waals surface area contributed by atoms with E-state index in [2.05, 4.69) is 0 Å². The molecule has 0 heterocycles. The van der Waals surface area contributed by atoms with Crippen molar-refractivity contribution in [1.29, 1.82) is 0 Å². The van der Waals surface area contributed by atoms with Gasteiger partial charge in [0, 0.05) is 6.04 Å². The van der Waals surface area contributed by atoms with Crippen LogP contribution in [0.2, 0.25) is 0 Å². The van der Waals surface area contributed by atoms with E-state index in [9.17, 15) is 9.50 Å². The summed E-state index contributed by atoms with van der Waals surface area (Å²) in [6, 6.07) is 3.29. The van der Waals surface area contributed by atoms with Crippen molar-refractivity contribution >= 4 is 45.2 Å². The normalized spacial score (nSPS) is 12.9. The quantitative estimate of drug-likeness (QED) is 0.738. The zero-order chi connectivity index (χ0) is 10.7. The van der Waals surface area contributed by atoms with Crippen LogP contribution >= 0.6 is 45.2 Å². The van der Waals surface area contributed by atoms with Gasteiger partial charge in [0.05, 0.1) is 13.8 Å². The van der Waals surface area contributed by atoms with Crippen molar-refractivity contribution in [2.75, 3.05) is 6.67 Å². The van der Waals surface area contributed by atoms with E-state index in [1.807, 2.05) is 45.2 Å². The molecule has 0 spiro atoms. The average Bonchev–Trinajstić information content (AvgIpc) is 2.13. The number of halogens is 3. The smallest absolute Gasteiger partial charge is 0.142 e. The number of hydrogen-bond acceptors (Lipinski definition) is 2. The predicted octanol–water partition coefficient (Wildman–Crippen LogP) is 2.96. The molecule has 1 atom stereocenters. The molecule has 1 aromatic carbocycles. The lowest BCUT2D eigenvalue weighted by molar-refractivity contribution is 0.440. The van der Waals surface area contributed by atoms with Crippen molar-refractivity contribution in [3.8, 4) is 5.75 Å². The van der Waals surface area contributed by atoms with Gasteiger partial charge in [0.15, 0.2) is 0 Å². The Balaban J connectivity index is 3.00. The molecule has 0 saturated carbocycles. The summed E-state index contributed by atoms with van der Waals surface area (Å²) in [5, 5.41) is 9.51. The van der Waals surface area contributed by atoms with E-state index in [1.54, 1.807) is 12.1 Å². The summed E-state index contributed by atoms with van der Waals surface area (Å²) in [7, 11) is 0. The van der Waals surface area contributed by atoms with Gasteiger partial charge >= 0.3 is 0 Å². The Hall–Kier alpha value is 0.370. The molecule has 0 saturated heterocycles. The van der Waals surface area contributed by atoms with Crippen LogP contribution in [-0.2, 0) is 0 Å². The molecule has 3 N–H and O–H groups in total. The topological polar surface area (TPSA) is 46.2 Å². The van der Waals surface area contributed by atoms with Gasteiger partial charge in [-0.3, -0.25) is 4.39 Å². The third-order valence-electron chi connectivity index (χ3n) is 1.89. The SMILES string of the molecule is N[C@@H](CCF)c1cc(I)c(O)c(I)c1. The first-order valence-corrected chi connectivity index (χ1v) is 6.21. The second-order valence-electron chi connectivity index (χ2n) is 2.92. The Labute approximate surface area is 109 Å². The van der Waals surface area contributed by atoms with E-state index in [4.69, 9.17) is 5.73 Å². The van der Waals surface area contributed by atoms with Crippen molar-refractivity contribution in [1.82, 2.24) is 0 Å². The molecule has 0 aliphatic carbocycles. The highest BCUT2D eigenvalue weighted by molar-refractivity contribution is 14.1. The van der Waals surface area contributed by atoms with E-state index in [1.165, 1.54) is 0 Å². The molecule has 78 valence electrons. The Morgan fingerprint density at radius 2 is 1.86 bits per heavy atom. The molecule has 0 aromatic heterocycles. The molecular weight excluding hydrogens is 411 g/mol. The number of aromatic hydroxyl groups is 1. The van der Waals surface area contributed by atoms with Gasteiger partial charge in [-0.25, -0.2) is 0 Å². The molecule has 0 bridgehead atoms. The zero-order valence-corrected chi connectivity index (χ0v) is 11.6. The molecule has 0 aliphatic rings. The lowest BCUT2D eigenvalue weighted by Gasteiger charge is -2.12. The second-order valence-corrected chi connectivity index (χ2v) is 5.24. The highest BCUT2D eigenvalue weighted by Gasteiger charge is 2.11. The Morgan fingerprint density at radius 3 is 2.29 bits per heavy atom. The largest absolute Gasteiger partial charge is 0.506 e. The summed E-state index contributed by atoms with van der Waals surface area (Å²) in [6.07, 6.45) is 0.316. The monoisotopic (exact) mass is 421 g/mol. The Kier molecular flexibility index (Phi) is 4.84. The van der Waals surface area contributed by atoms with Crippen molar-refractivity contribution in [2.24, 2.45) is 5.73 Å². The van der Waals surface area contributed by atoms with Crippen LogP contribution in [0.3, 0.4) is 0 Å². The summed E-state index contributed by atoms with van der Waals surface area (Å²) in [6.45, 7) is -0.421. The van der Waals surface area contributed by atoms with E-state index in [0.717, 1.165) is 12.7 Å². The molecule has 0 unspecified atom stereocenters. The second kappa shape index (κ2) is 5.45. The molecule has 2 nitrogen and oxygen atoms in total. The minimum Gasteiger partial charge on any atom is -0.506 e. The maximum Gasteiger partial charge on any atom is 0.142 e. The summed E-state index contributed by atoms with van der Waals surface area (Å²) in [5.41, 5.74) is 6.63. The summed E-state index contributed by atoms with van der Waals surface area (Å²) in [4.78, 5) is 0. The number of alkyl halides is 1. The van der Waals surface area contributed by atoms with Gasteiger partial charge in [0.25, 0.3) is 0 Å². The van der Waals surface area contributed by atoms with Crippen LogP contribution in [0.4, 0.5) is 4.39 Å². The maximum absolute atomic E-state index is 12.1. The lowest BCUT2D eigenvalue weighted by atomic mass is 10.1. The highest BCUT2D eigenvalue weighted by Crippen LogP contribution is 2.29. The predicted molar refractivity (Wildman–Crippen MR) is 71.1 cm³/mol. The van der Waals surface area contributed by atoms with Crippen LogP contribution < -0.4 is 5.73 Å². The fourth-order valence-electron chi connectivity index (χ4n) is 1.08. The zero-order valence-electron chi connectivity index (χ0n) is 7.30. The Bertz CT molecular complexity index is 310. The molecule has 1 rings (SSSR count). The summed E-state index contributed by atoms with van der Waals surface area (Å²) < 4.78 is 13.6. The molecule has 1 aromatic rings. The molecule has 0 radical (unpaired) electrons. The van der Waals surface area contributed by atoms with Crippen molar-refractivity contribution < 1.29 is 9.50 Å². The van der Waals surface area contributed by atoms with Gasteiger partial charge in [-0.2, -0.15) is 0 Å². The van der Waals surface area contributed by atoms with Crippen LogP contribution in [0.25, 0.3) is 0 Å². The van der Waals surface area contributed by atoms with E-state index in [0.29, 0.717) is 6.42 Å². The molecule has 0 aliphatic heterocycles.